The van der Waals surface area contributed by atoms with Gasteiger partial charge in [0.15, 0.2) is 0 Å². The molecule has 0 aliphatic heterocycles. The quantitative estimate of drug-likeness (QED) is 0.406. The van der Waals surface area contributed by atoms with Gasteiger partial charge in [-0.1, -0.05) is 88.1 Å². The summed E-state index contributed by atoms with van der Waals surface area (Å²) >= 11 is 0. The van der Waals surface area contributed by atoms with E-state index in [-0.39, 0.29) is 0 Å². The highest BCUT2D eigenvalue weighted by Crippen LogP contribution is 2.59. The predicted octanol–water partition coefficient (Wildman–Crippen LogP) is 8.48. The second-order valence-corrected chi connectivity index (χ2v) is 9.76. The molecule has 0 heteroatoms. The smallest absolute Gasteiger partial charge is 0.00463 e. The lowest BCUT2D eigenvalue weighted by molar-refractivity contribution is 0.0305. The fourth-order valence-electron chi connectivity index (χ4n) is 5.99. The summed E-state index contributed by atoms with van der Waals surface area (Å²) in [4.78, 5) is 0. The molecule has 3 saturated carbocycles. The van der Waals surface area contributed by atoms with E-state index in [1.165, 1.54) is 93.7 Å². The second-order valence-electron chi connectivity index (χ2n) is 9.76. The minimum Gasteiger partial charge on any atom is -0.0654 e. The van der Waals surface area contributed by atoms with Crippen molar-refractivity contribution in [3.8, 4) is 11.1 Å². The molecule has 0 N–H and O–H groups in total. The van der Waals surface area contributed by atoms with Crippen LogP contribution in [-0.2, 0) is 11.8 Å². The maximum absolute atomic E-state index is 2.45. The molecule has 2 aromatic carbocycles. The molecule has 5 rings (SSSR count). The molecule has 0 nitrogen and oxygen atoms in total. The summed E-state index contributed by atoms with van der Waals surface area (Å²) in [6.45, 7) is 4.57. The lowest BCUT2D eigenvalue weighted by Gasteiger charge is -2.54. The van der Waals surface area contributed by atoms with Crippen LogP contribution in [0.4, 0.5) is 0 Å². The number of fused-ring (bicyclic) bond motifs is 3. The van der Waals surface area contributed by atoms with E-state index >= 15 is 0 Å². The third-order valence-corrected chi connectivity index (χ3v) is 8.04. The van der Waals surface area contributed by atoms with Crippen molar-refractivity contribution in [2.24, 2.45) is 5.41 Å². The summed E-state index contributed by atoms with van der Waals surface area (Å²) in [6, 6.07) is 18.8. The van der Waals surface area contributed by atoms with Gasteiger partial charge in [-0.3, -0.25) is 0 Å². The van der Waals surface area contributed by atoms with Gasteiger partial charge in [0.2, 0.25) is 0 Å². The molecule has 2 aromatic rings. The standard InChI is InChI=1S/C28H38/c1-3-5-6-16-27-17-20-28(21-18-27,22-19-27)26-14-12-25(13-15-26)24-10-8-23(7-4-2)9-11-24/h8-15H,3-7,16-22H2,1-2H3. The molecule has 0 heterocycles. The van der Waals surface area contributed by atoms with Gasteiger partial charge < -0.3 is 0 Å². The zero-order valence-electron chi connectivity index (χ0n) is 18.1. The maximum atomic E-state index is 2.45. The highest BCUT2D eigenvalue weighted by molar-refractivity contribution is 5.64. The van der Waals surface area contributed by atoms with Crippen LogP contribution in [0.2, 0.25) is 0 Å². The molecule has 0 amide bonds. The zero-order valence-corrected chi connectivity index (χ0v) is 18.1. The SMILES string of the molecule is CCCCCC12CCC(c3ccc(-c4ccc(CCC)cc4)cc3)(CC1)CC2. The molecule has 2 bridgehead atoms. The highest BCUT2D eigenvalue weighted by atomic mass is 14.5. The first-order chi connectivity index (χ1) is 13.7. The van der Waals surface area contributed by atoms with Crippen LogP contribution in [0.25, 0.3) is 11.1 Å². The van der Waals surface area contributed by atoms with E-state index in [9.17, 15) is 0 Å². The van der Waals surface area contributed by atoms with Crippen molar-refractivity contribution in [3.63, 3.8) is 0 Å². The van der Waals surface area contributed by atoms with Crippen LogP contribution in [-0.4, -0.2) is 0 Å². The molecular weight excluding hydrogens is 336 g/mol. The van der Waals surface area contributed by atoms with E-state index in [4.69, 9.17) is 0 Å². The number of hydrogen-bond donors (Lipinski definition) is 0. The van der Waals surface area contributed by atoms with Crippen molar-refractivity contribution in [1.29, 1.82) is 0 Å². The topological polar surface area (TPSA) is 0 Å². The van der Waals surface area contributed by atoms with Crippen LogP contribution in [0.1, 0.15) is 95.6 Å². The van der Waals surface area contributed by atoms with Gasteiger partial charge in [-0.2, -0.15) is 0 Å². The normalized spacial score (nSPS) is 26.5. The van der Waals surface area contributed by atoms with Gasteiger partial charge in [0.05, 0.1) is 0 Å². The molecular formula is C28H38. The van der Waals surface area contributed by atoms with Crippen molar-refractivity contribution < 1.29 is 0 Å². The molecule has 3 aliphatic rings. The minimum absolute atomic E-state index is 0.482. The van der Waals surface area contributed by atoms with Crippen LogP contribution < -0.4 is 0 Å². The van der Waals surface area contributed by atoms with E-state index < -0.39 is 0 Å². The molecule has 0 atom stereocenters. The van der Waals surface area contributed by atoms with Gasteiger partial charge in [0.25, 0.3) is 0 Å². The zero-order chi connectivity index (χ0) is 19.5. The summed E-state index contributed by atoms with van der Waals surface area (Å²) in [5, 5.41) is 0. The Balaban J connectivity index is 1.43. The van der Waals surface area contributed by atoms with Crippen molar-refractivity contribution >= 4 is 0 Å². The number of rotatable bonds is 8. The average molecular weight is 375 g/mol. The van der Waals surface area contributed by atoms with E-state index in [1.807, 2.05) is 0 Å². The Kier molecular flexibility index (Phi) is 5.95. The Bertz CT molecular complexity index is 725. The number of benzene rings is 2. The monoisotopic (exact) mass is 374 g/mol. The number of aryl methyl sites for hydroxylation is 1. The summed E-state index contributed by atoms with van der Waals surface area (Å²) in [7, 11) is 0. The Morgan fingerprint density at radius 3 is 1.75 bits per heavy atom. The van der Waals surface area contributed by atoms with Crippen molar-refractivity contribution in [3.05, 3.63) is 59.7 Å². The molecule has 0 spiro atoms. The Labute approximate surface area is 172 Å². The van der Waals surface area contributed by atoms with E-state index in [2.05, 4.69) is 62.4 Å². The Morgan fingerprint density at radius 1 is 0.643 bits per heavy atom. The average Bonchev–Trinajstić information content (AvgIpc) is 2.76. The first-order valence-electron chi connectivity index (χ1n) is 11.9. The fourth-order valence-corrected chi connectivity index (χ4v) is 5.99. The lowest BCUT2D eigenvalue weighted by atomic mass is 9.51. The van der Waals surface area contributed by atoms with Gasteiger partial charge in [-0.05, 0) is 84.5 Å². The molecule has 0 unspecified atom stereocenters. The van der Waals surface area contributed by atoms with Gasteiger partial charge in [0.1, 0.15) is 0 Å². The van der Waals surface area contributed by atoms with Gasteiger partial charge >= 0.3 is 0 Å². The van der Waals surface area contributed by atoms with Crippen LogP contribution in [0.5, 0.6) is 0 Å². The van der Waals surface area contributed by atoms with Crippen LogP contribution in [0.15, 0.2) is 48.5 Å². The number of unbranched alkanes of at least 4 members (excludes halogenated alkanes) is 2. The molecule has 150 valence electrons. The summed E-state index contributed by atoms with van der Waals surface area (Å²) in [5.74, 6) is 0. The third kappa shape index (κ3) is 3.93. The first-order valence-corrected chi connectivity index (χ1v) is 11.9. The minimum atomic E-state index is 0.482. The highest BCUT2D eigenvalue weighted by Gasteiger charge is 2.48. The lowest BCUT2D eigenvalue weighted by Crippen LogP contribution is -2.44. The van der Waals surface area contributed by atoms with Crippen LogP contribution in [0, 0.1) is 5.41 Å². The van der Waals surface area contributed by atoms with Gasteiger partial charge in [0, 0.05) is 0 Å². The molecule has 3 aliphatic carbocycles. The molecule has 28 heavy (non-hydrogen) atoms. The third-order valence-electron chi connectivity index (χ3n) is 8.04. The summed E-state index contributed by atoms with van der Waals surface area (Å²) < 4.78 is 0. The maximum Gasteiger partial charge on any atom is -0.00463 e. The van der Waals surface area contributed by atoms with Gasteiger partial charge in [-0.15, -0.1) is 0 Å². The van der Waals surface area contributed by atoms with Crippen molar-refractivity contribution in [1.82, 2.24) is 0 Å². The van der Waals surface area contributed by atoms with E-state index in [0.717, 1.165) is 0 Å². The molecule has 3 fully saturated rings. The van der Waals surface area contributed by atoms with Crippen molar-refractivity contribution in [2.45, 2.75) is 96.3 Å². The number of hydrogen-bond acceptors (Lipinski definition) is 0. The van der Waals surface area contributed by atoms with E-state index in [0.29, 0.717) is 10.8 Å². The largest absolute Gasteiger partial charge is 0.0654 e. The van der Waals surface area contributed by atoms with Crippen molar-refractivity contribution in [2.75, 3.05) is 0 Å². The van der Waals surface area contributed by atoms with Crippen LogP contribution in [0.3, 0.4) is 0 Å². The summed E-state index contributed by atoms with van der Waals surface area (Å²) in [6.07, 6.45) is 16.8. The molecule has 0 aromatic heterocycles. The first kappa shape index (κ1) is 19.7. The van der Waals surface area contributed by atoms with Crippen LogP contribution >= 0.6 is 0 Å². The Morgan fingerprint density at radius 2 is 1.21 bits per heavy atom. The summed E-state index contributed by atoms with van der Waals surface area (Å²) in [5.41, 5.74) is 6.97. The molecule has 0 radical (unpaired) electrons. The predicted molar refractivity (Wildman–Crippen MR) is 122 cm³/mol. The van der Waals surface area contributed by atoms with Gasteiger partial charge in [-0.25, -0.2) is 0 Å². The molecule has 0 saturated heterocycles. The fraction of sp³-hybridized carbons (Fsp3) is 0.571. The second kappa shape index (κ2) is 8.44. The van der Waals surface area contributed by atoms with E-state index in [1.54, 1.807) is 5.56 Å². The Hall–Kier alpha value is -1.56.